The van der Waals surface area contributed by atoms with E-state index in [0.29, 0.717) is 34.6 Å². The van der Waals surface area contributed by atoms with Crippen LogP contribution in [0.3, 0.4) is 0 Å². The number of hydrogen-bond acceptors (Lipinski definition) is 8. The average molecular weight is 530 g/mol. The van der Waals surface area contributed by atoms with Gasteiger partial charge in [-0.1, -0.05) is 24.8 Å². The molecule has 0 bridgehead atoms. The number of hydrogen-bond donors (Lipinski definition) is 2. The van der Waals surface area contributed by atoms with E-state index in [4.69, 9.17) is 14.5 Å². The summed E-state index contributed by atoms with van der Waals surface area (Å²) in [6.07, 6.45) is 3.28. The van der Waals surface area contributed by atoms with Gasteiger partial charge in [-0.15, -0.1) is 0 Å². The van der Waals surface area contributed by atoms with Gasteiger partial charge in [0.05, 0.1) is 37.0 Å². The number of fused-ring (bicyclic) bond motifs is 1. The van der Waals surface area contributed by atoms with E-state index in [1.165, 1.54) is 6.08 Å². The third-order valence-corrected chi connectivity index (χ3v) is 6.39. The van der Waals surface area contributed by atoms with Crippen molar-refractivity contribution in [2.45, 2.75) is 0 Å². The van der Waals surface area contributed by atoms with Crippen LogP contribution in [0.2, 0.25) is 0 Å². The van der Waals surface area contributed by atoms with E-state index in [0.717, 1.165) is 35.2 Å². The minimum atomic E-state index is -0.316. The van der Waals surface area contributed by atoms with Gasteiger partial charge in [-0.2, -0.15) is 4.98 Å². The van der Waals surface area contributed by atoms with Crippen molar-refractivity contribution in [3.63, 3.8) is 0 Å². The fourth-order valence-electron chi connectivity index (χ4n) is 4.30. The number of methoxy groups -OCH3 is 2. The lowest BCUT2D eigenvalue weighted by molar-refractivity contribution is -0.111. The first-order chi connectivity index (χ1) is 18.7. The molecule has 204 valence electrons. The van der Waals surface area contributed by atoms with E-state index < -0.39 is 0 Å². The molecule has 0 aliphatic heterocycles. The summed E-state index contributed by atoms with van der Waals surface area (Å²) in [4.78, 5) is 25.8. The number of benzene rings is 2. The first-order valence-electron chi connectivity index (χ1n) is 12.5. The molecule has 0 spiro atoms. The van der Waals surface area contributed by atoms with Crippen molar-refractivity contribution < 1.29 is 14.3 Å². The van der Waals surface area contributed by atoms with Crippen molar-refractivity contribution in [3.05, 3.63) is 61.3 Å². The number of carbonyl (C=O) groups is 1. The number of amides is 1. The maximum atomic E-state index is 12.3. The molecule has 0 unspecified atom stereocenters. The number of para-hydroxylation sites is 1. The maximum absolute atomic E-state index is 12.3. The van der Waals surface area contributed by atoms with Gasteiger partial charge in [0.25, 0.3) is 0 Å². The SMILES string of the molecule is C=CC(=O)Nc1cc(Nc2nc(OC)cc(-c3cn(C)c4ccccc34)n2)c(OC)cc1N(C)CCN(C)C. The van der Waals surface area contributed by atoms with Crippen LogP contribution in [0.5, 0.6) is 11.6 Å². The van der Waals surface area contributed by atoms with Crippen molar-refractivity contribution >= 4 is 39.8 Å². The molecule has 0 saturated heterocycles. The highest BCUT2D eigenvalue weighted by Crippen LogP contribution is 2.38. The molecule has 4 aromatic rings. The maximum Gasteiger partial charge on any atom is 0.247 e. The lowest BCUT2D eigenvalue weighted by Crippen LogP contribution is -2.29. The Morgan fingerprint density at radius 2 is 1.82 bits per heavy atom. The molecule has 0 atom stereocenters. The number of aromatic nitrogens is 3. The molecular formula is C29H35N7O3. The number of anilines is 4. The number of nitrogens with one attached hydrogen (secondary N) is 2. The lowest BCUT2D eigenvalue weighted by Gasteiger charge is -2.26. The number of likely N-dealkylation sites (N-methyl/N-ethyl adjacent to an activating group) is 2. The zero-order valence-corrected chi connectivity index (χ0v) is 23.3. The van der Waals surface area contributed by atoms with Gasteiger partial charge in [0, 0.05) is 62.0 Å². The predicted octanol–water partition coefficient (Wildman–Crippen LogP) is 4.52. The topological polar surface area (TPSA) is 96.8 Å². The second-order valence-electron chi connectivity index (χ2n) is 9.40. The van der Waals surface area contributed by atoms with Crippen molar-refractivity contribution in [2.24, 2.45) is 7.05 Å². The minimum absolute atomic E-state index is 0.316. The van der Waals surface area contributed by atoms with Gasteiger partial charge in [-0.3, -0.25) is 4.79 Å². The highest BCUT2D eigenvalue weighted by molar-refractivity contribution is 6.02. The summed E-state index contributed by atoms with van der Waals surface area (Å²) in [5.41, 5.74) is 4.75. The van der Waals surface area contributed by atoms with Crippen molar-refractivity contribution in [2.75, 3.05) is 64.0 Å². The Morgan fingerprint density at radius 3 is 2.51 bits per heavy atom. The molecule has 0 radical (unpaired) electrons. The molecular weight excluding hydrogens is 494 g/mol. The Labute approximate surface area is 228 Å². The quantitative estimate of drug-likeness (QED) is 0.274. The molecule has 0 aliphatic rings. The second-order valence-corrected chi connectivity index (χ2v) is 9.40. The fourth-order valence-corrected chi connectivity index (χ4v) is 4.30. The molecule has 10 heteroatoms. The number of nitrogens with zero attached hydrogens (tertiary/aromatic N) is 5. The lowest BCUT2D eigenvalue weighted by atomic mass is 10.1. The molecule has 1 amide bonds. The summed E-state index contributed by atoms with van der Waals surface area (Å²) in [6.45, 7) is 5.17. The Bertz CT molecular complexity index is 1500. The molecule has 2 aromatic carbocycles. The van der Waals surface area contributed by atoms with Gasteiger partial charge in [-0.05, 0) is 32.3 Å². The van der Waals surface area contributed by atoms with Gasteiger partial charge >= 0.3 is 0 Å². The number of ether oxygens (including phenoxy) is 2. The van der Waals surface area contributed by atoms with E-state index in [9.17, 15) is 4.79 Å². The third kappa shape index (κ3) is 6.12. The van der Waals surface area contributed by atoms with Crippen LogP contribution < -0.4 is 25.0 Å². The average Bonchev–Trinajstić information content (AvgIpc) is 3.28. The van der Waals surface area contributed by atoms with E-state index in [-0.39, 0.29) is 5.91 Å². The van der Waals surface area contributed by atoms with Crippen molar-refractivity contribution in [1.82, 2.24) is 19.4 Å². The van der Waals surface area contributed by atoms with Crippen LogP contribution in [-0.4, -0.2) is 73.8 Å². The van der Waals surface area contributed by atoms with E-state index in [1.54, 1.807) is 14.2 Å². The van der Waals surface area contributed by atoms with Gasteiger partial charge < -0.3 is 34.5 Å². The van der Waals surface area contributed by atoms with E-state index >= 15 is 0 Å². The Morgan fingerprint density at radius 1 is 1.05 bits per heavy atom. The zero-order valence-electron chi connectivity index (χ0n) is 23.3. The minimum Gasteiger partial charge on any atom is -0.494 e. The summed E-state index contributed by atoms with van der Waals surface area (Å²) < 4.78 is 13.3. The molecule has 0 saturated carbocycles. The monoisotopic (exact) mass is 529 g/mol. The van der Waals surface area contributed by atoms with Gasteiger partial charge in [0.1, 0.15) is 5.75 Å². The van der Waals surface area contributed by atoms with E-state index in [1.807, 2.05) is 64.7 Å². The van der Waals surface area contributed by atoms with Crippen LogP contribution in [0.1, 0.15) is 0 Å². The van der Waals surface area contributed by atoms with Crippen LogP contribution in [-0.2, 0) is 11.8 Å². The smallest absolute Gasteiger partial charge is 0.247 e. The number of carbonyl (C=O) groups excluding carboxylic acids is 1. The summed E-state index contributed by atoms with van der Waals surface area (Å²) in [5.74, 6) is 0.987. The van der Waals surface area contributed by atoms with Gasteiger partial charge in [-0.25, -0.2) is 4.98 Å². The van der Waals surface area contributed by atoms with Crippen molar-refractivity contribution in [3.8, 4) is 22.9 Å². The standard InChI is InChI=1S/C29H35N7O3/c1-8-27(37)30-22-15-23(26(38-6)17-25(22)35(4)14-13-34(2)3)32-29-31-21(16-28(33-29)39-7)20-18-36(5)24-12-10-9-11-19(20)24/h8-12,15-18H,1,13-14H2,2-7H3,(H,30,37)(H,31,32,33). The van der Waals surface area contributed by atoms with Gasteiger partial charge in [0.15, 0.2) is 0 Å². The van der Waals surface area contributed by atoms with Crippen LogP contribution >= 0.6 is 0 Å². The first kappa shape index (κ1) is 27.5. The highest BCUT2D eigenvalue weighted by atomic mass is 16.5. The number of rotatable bonds is 11. The fraction of sp³-hybridized carbons (Fsp3) is 0.276. The van der Waals surface area contributed by atoms with E-state index in [2.05, 4.69) is 48.7 Å². The molecule has 2 heterocycles. The van der Waals surface area contributed by atoms with Gasteiger partial charge in [0.2, 0.25) is 17.7 Å². The largest absolute Gasteiger partial charge is 0.494 e. The predicted molar refractivity (Wildman–Crippen MR) is 157 cm³/mol. The van der Waals surface area contributed by atoms with Crippen LogP contribution in [0.4, 0.5) is 23.0 Å². The van der Waals surface area contributed by atoms with Crippen LogP contribution in [0.25, 0.3) is 22.2 Å². The third-order valence-electron chi connectivity index (χ3n) is 6.39. The first-order valence-corrected chi connectivity index (χ1v) is 12.5. The molecule has 0 aliphatic carbocycles. The highest BCUT2D eigenvalue weighted by Gasteiger charge is 2.18. The van der Waals surface area contributed by atoms with Crippen molar-refractivity contribution in [1.29, 1.82) is 0 Å². The Hall–Kier alpha value is -4.57. The number of aryl methyl sites for hydroxylation is 1. The zero-order chi connectivity index (χ0) is 28.1. The molecule has 0 fully saturated rings. The molecule has 4 rings (SSSR count). The summed E-state index contributed by atoms with van der Waals surface area (Å²) in [7, 11) is 11.2. The summed E-state index contributed by atoms with van der Waals surface area (Å²) in [5, 5.41) is 7.26. The summed E-state index contributed by atoms with van der Waals surface area (Å²) >= 11 is 0. The Balaban J connectivity index is 1.77. The molecule has 10 nitrogen and oxygen atoms in total. The molecule has 2 aromatic heterocycles. The molecule has 2 N–H and O–H groups in total. The summed E-state index contributed by atoms with van der Waals surface area (Å²) in [6, 6.07) is 13.6. The Kier molecular flexibility index (Phi) is 8.36. The normalized spacial score (nSPS) is 10.9. The second kappa shape index (κ2) is 11.9. The van der Waals surface area contributed by atoms with Crippen LogP contribution in [0, 0.1) is 0 Å². The molecule has 39 heavy (non-hydrogen) atoms. The van der Waals surface area contributed by atoms with Crippen LogP contribution in [0.15, 0.2) is 61.3 Å².